The monoisotopic (exact) mass is 1160 g/mol. The van der Waals surface area contributed by atoms with E-state index in [0.717, 1.165) is 30.6 Å². The standard InChI is InChI=1S/C87H66BN3/c1-85-54-24-25-55-86(85,2)91(75-53-52-64(56-74(75)85)59-30-10-3-11-31-59)67-57-78-82-79(58-67)90(84-70(62-36-16-6-17-37-62)46-27-47-71(84)63-38-18-7-19-39-63)77-51-29-49-73-81(77)88(82)80-72(87(73,65-40-20-8-21-41-65)66-42-22-9-23-43-66)48-28-50-76(80)89(78)83-68(60-32-12-4-13-33-60)44-26-45-69(83)61-34-14-5-15-35-61/h3-23,26-53,56-58H,24-25,54-55H2,1-2H3. The van der Waals surface area contributed by atoms with Gasteiger partial charge in [0.05, 0.1) is 22.3 Å². The maximum absolute atomic E-state index is 2.83. The van der Waals surface area contributed by atoms with Gasteiger partial charge in [0, 0.05) is 61.8 Å². The Morgan fingerprint density at radius 1 is 0.297 bits per heavy atom. The molecule has 4 heteroatoms. The second-order valence-corrected chi connectivity index (χ2v) is 26.1. The number of nitrogens with zero attached hydrogens (tertiary/aromatic N) is 3. The molecule has 3 nitrogen and oxygen atoms in total. The summed E-state index contributed by atoms with van der Waals surface area (Å²) in [6.45, 7) is 5.03. The van der Waals surface area contributed by atoms with Crippen molar-refractivity contribution in [3.63, 3.8) is 0 Å². The number of benzene rings is 13. The highest BCUT2D eigenvalue weighted by atomic mass is 15.3. The molecule has 0 radical (unpaired) electrons. The van der Waals surface area contributed by atoms with Crippen molar-refractivity contribution in [2.45, 2.75) is 55.9 Å². The van der Waals surface area contributed by atoms with Crippen LogP contribution >= 0.6 is 0 Å². The SMILES string of the molecule is CC12CCCCC1(C)N(c1cc3c4c(c1)N(c1c(-c5ccccc5)cccc1-c1ccccc1)c1cccc5c1B4c1c(cccc1C5(c1ccccc1)c1ccccc1)N3c1c(-c3ccccc3)cccc1-c1ccccc1)c1ccc(-c3ccccc3)cc12. The summed E-state index contributed by atoms with van der Waals surface area (Å²) in [4.78, 5) is 8.33. The molecule has 91 heavy (non-hydrogen) atoms. The fourth-order valence-corrected chi connectivity index (χ4v) is 17.6. The molecule has 13 aromatic carbocycles. The molecule has 1 saturated carbocycles. The number of anilines is 8. The number of fused-ring (bicyclic) bond motifs is 3. The molecule has 0 saturated heterocycles. The lowest BCUT2D eigenvalue weighted by Gasteiger charge is -2.53. The third kappa shape index (κ3) is 7.69. The summed E-state index contributed by atoms with van der Waals surface area (Å²) in [6.07, 6.45) is 4.52. The van der Waals surface area contributed by atoms with Gasteiger partial charge in [0.2, 0.25) is 0 Å². The number of hydrogen-bond acceptors (Lipinski definition) is 3. The molecule has 0 N–H and O–H groups in total. The fourth-order valence-electron chi connectivity index (χ4n) is 17.6. The Morgan fingerprint density at radius 2 is 0.681 bits per heavy atom. The first-order chi connectivity index (χ1) is 44.9. The first kappa shape index (κ1) is 53.4. The molecule has 5 aliphatic rings. The van der Waals surface area contributed by atoms with Crippen LogP contribution in [0.15, 0.2) is 315 Å². The summed E-state index contributed by atoms with van der Waals surface area (Å²) in [5.74, 6) is 0. The van der Waals surface area contributed by atoms with Gasteiger partial charge >= 0.3 is 0 Å². The van der Waals surface area contributed by atoms with Gasteiger partial charge in [-0.15, -0.1) is 0 Å². The maximum atomic E-state index is 2.83. The van der Waals surface area contributed by atoms with Crippen LogP contribution in [0.25, 0.3) is 55.6 Å². The molecule has 2 atom stereocenters. The van der Waals surface area contributed by atoms with Crippen molar-refractivity contribution in [2.75, 3.05) is 14.7 Å². The van der Waals surface area contributed by atoms with Crippen LogP contribution < -0.4 is 31.1 Å². The average molecular weight is 1160 g/mol. The van der Waals surface area contributed by atoms with E-state index < -0.39 is 5.41 Å². The van der Waals surface area contributed by atoms with E-state index in [4.69, 9.17) is 0 Å². The minimum absolute atomic E-state index is 0.150. The van der Waals surface area contributed by atoms with E-state index >= 15 is 0 Å². The molecule has 1 aliphatic carbocycles. The van der Waals surface area contributed by atoms with Crippen LogP contribution in [0.2, 0.25) is 0 Å². The molecule has 13 aromatic rings. The number of rotatable bonds is 10. The molecule has 0 bridgehead atoms. The van der Waals surface area contributed by atoms with Gasteiger partial charge < -0.3 is 14.7 Å². The molecule has 18 rings (SSSR count). The van der Waals surface area contributed by atoms with Crippen LogP contribution in [0.4, 0.5) is 45.5 Å². The fraction of sp³-hybridized carbons (Fsp3) is 0.103. The quantitative estimate of drug-likeness (QED) is 0.126. The van der Waals surface area contributed by atoms with Crippen molar-refractivity contribution >= 4 is 68.6 Å². The van der Waals surface area contributed by atoms with E-state index in [1.807, 2.05) is 0 Å². The molecule has 0 aromatic heterocycles. The Bertz CT molecular complexity index is 4610. The molecule has 1 fully saturated rings. The van der Waals surface area contributed by atoms with Gasteiger partial charge in [0.25, 0.3) is 6.71 Å². The normalized spacial score (nSPS) is 17.7. The lowest BCUT2D eigenvalue weighted by atomic mass is 9.28. The van der Waals surface area contributed by atoms with Gasteiger partial charge in [-0.3, -0.25) is 0 Å². The topological polar surface area (TPSA) is 9.72 Å². The summed E-state index contributed by atoms with van der Waals surface area (Å²) in [6, 6.07) is 120. The smallest absolute Gasteiger partial charge is 0.253 e. The van der Waals surface area contributed by atoms with Gasteiger partial charge in [-0.05, 0) is 134 Å². The summed E-state index contributed by atoms with van der Waals surface area (Å²) < 4.78 is 0. The summed E-state index contributed by atoms with van der Waals surface area (Å²) in [5, 5.41) is 0. The number of hydrogen-bond donors (Lipinski definition) is 0. The average Bonchev–Trinajstić information content (AvgIpc) is 0.833. The maximum Gasteiger partial charge on any atom is 0.253 e. The molecule has 4 aliphatic heterocycles. The lowest BCUT2D eigenvalue weighted by Crippen LogP contribution is -2.68. The molecule has 432 valence electrons. The summed E-state index contributed by atoms with van der Waals surface area (Å²) >= 11 is 0. The van der Waals surface area contributed by atoms with Crippen LogP contribution in [0, 0.1) is 0 Å². The van der Waals surface area contributed by atoms with Crippen molar-refractivity contribution < 1.29 is 0 Å². The highest BCUT2D eigenvalue weighted by Gasteiger charge is 2.60. The molecule has 4 heterocycles. The zero-order valence-electron chi connectivity index (χ0n) is 51.3. The van der Waals surface area contributed by atoms with Crippen molar-refractivity contribution in [2.24, 2.45) is 0 Å². The van der Waals surface area contributed by atoms with Crippen molar-refractivity contribution in [3.05, 3.63) is 343 Å². The Morgan fingerprint density at radius 3 is 1.11 bits per heavy atom. The van der Waals surface area contributed by atoms with Gasteiger partial charge in [0.15, 0.2) is 0 Å². The first-order valence-electron chi connectivity index (χ1n) is 32.6. The summed E-state index contributed by atoms with van der Waals surface area (Å²) in [5.41, 5.74) is 30.8. The van der Waals surface area contributed by atoms with Crippen LogP contribution in [-0.4, -0.2) is 12.3 Å². The lowest BCUT2D eigenvalue weighted by molar-refractivity contribution is 0.195. The molecule has 0 spiro atoms. The van der Waals surface area contributed by atoms with Crippen molar-refractivity contribution in [3.8, 4) is 55.6 Å². The zero-order valence-corrected chi connectivity index (χ0v) is 51.3. The van der Waals surface area contributed by atoms with Gasteiger partial charge in [-0.1, -0.05) is 299 Å². The van der Waals surface area contributed by atoms with Gasteiger partial charge in [-0.25, -0.2) is 0 Å². The van der Waals surface area contributed by atoms with Crippen LogP contribution in [-0.2, 0) is 10.8 Å². The van der Waals surface area contributed by atoms with E-state index in [1.54, 1.807) is 0 Å². The molecular weight excluding hydrogens is 1100 g/mol. The van der Waals surface area contributed by atoms with E-state index in [0.29, 0.717) is 0 Å². The minimum atomic E-state index is -0.734. The largest absolute Gasteiger partial charge is 0.334 e. The Kier molecular flexibility index (Phi) is 12.1. The predicted octanol–water partition coefficient (Wildman–Crippen LogP) is 20.5. The second kappa shape index (κ2) is 20.7. The van der Waals surface area contributed by atoms with Gasteiger partial charge in [0.1, 0.15) is 0 Å². The molecule has 2 unspecified atom stereocenters. The second-order valence-electron chi connectivity index (χ2n) is 26.1. The third-order valence-electron chi connectivity index (χ3n) is 21.7. The highest BCUT2D eigenvalue weighted by Crippen LogP contribution is 2.64. The van der Waals surface area contributed by atoms with E-state index in [-0.39, 0.29) is 17.7 Å². The molecular formula is C87H66BN3. The van der Waals surface area contributed by atoms with E-state index in [2.05, 4.69) is 344 Å². The zero-order chi connectivity index (χ0) is 60.4. The van der Waals surface area contributed by atoms with Crippen LogP contribution in [0.5, 0.6) is 0 Å². The minimum Gasteiger partial charge on any atom is -0.334 e. The summed E-state index contributed by atoms with van der Waals surface area (Å²) in [7, 11) is 0. The highest BCUT2D eigenvalue weighted by molar-refractivity contribution is 7.01. The van der Waals surface area contributed by atoms with E-state index in [1.165, 1.54) is 140 Å². The molecule has 0 amide bonds. The van der Waals surface area contributed by atoms with E-state index in [9.17, 15) is 0 Å². The van der Waals surface area contributed by atoms with Crippen LogP contribution in [0.3, 0.4) is 0 Å². The van der Waals surface area contributed by atoms with Gasteiger partial charge in [-0.2, -0.15) is 0 Å². The van der Waals surface area contributed by atoms with Crippen molar-refractivity contribution in [1.82, 2.24) is 0 Å². The Labute approximate surface area is 534 Å². The van der Waals surface area contributed by atoms with Crippen LogP contribution in [0.1, 0.15) is 67.3 Å². The third-order valence-corrected chi connectivity index (χ3v) is 21.7. The van der Waals surface area contributed by atoms with Crippen molar-refractivity contribution in [1.29, 1.82) is 0 Å². The Balaban J connectivity index is 1.04. The number of para-hydroxylation sites is 2. The Hall–Kier alpha value is -10.7. The first-order valence-corrected chi connectivity index (χ1v) is 32.6. The predicted molar refractivity (Wildman–Crippen MR) is 382 cm³/mol.